The van der Waals surface area contributed by atoms with Gasteiger partial charge in [0.05, 0.1) is 9.83 Å². The smallest absolute Gasteiger partial charge is 0.238 e. The number of rotatable bonds is 4. The highest BCUT2D eigenvalue weighted by Crippen LogP contribution is 2.27. The molecule has 1 heterocycles. The molecule has 0 bridgehead atoms. The van der Waals surface area contributed by atoms with Crippen molar-refractivity contribution in [3.63, 3.8) is 0 Å². The molecule has 1 aromatic rings. The normalized spacial score (nSPS) is 14.6. The van der Waals surface area contributed by atoms with Crippen LogP contribution in [0.5, 0.6) is 0 Å². The molecule has 0 aliphatic carbocycles. The van der Waals surface area contributed by atoms with Crippen LogP contribution in [-0.2, 0) is 4.79 Å². The Balaban J connectivity index is 2.58. The van der Waals surface area contributed by atoms with Crippen LogP contribution in [0.25, 0.3) is 0 Å². The predicted molar refractivity (Wildman–Crippen MR) is 71.7 cm³/mol. The fraction of sp³-hybridized carbons (Fsp3) is 0.545. The molecule has 0 radical (unpaired) electrons. The second-order valence-corrected chi connectivity index (χ2v) is 6.48. The fourth-order valence-corrected chi connectivity index (χ4v) is 2.91. The molecule has 0 aliphatic rings. The zero-order valence-electron chi connectivity index (χ0n) is 9.95. The molecule has 1 amide bonds. The minimum atomic E-state index is -0.161. The molecule has 0 fully saturated rings. The Labute approximate surface area is 109 Å². The number of carbonyl (C=O) groups excluding carboxylic acids is 1. The van der Waals surface area contributed by atoms with Crippen LogP contribution in [0.3, 0.4) is 0 Å². The Morgan fingerprint density at radius 2 is 2.06 bits per heavy atom. The van der Waals surface area contributed by atoms with Gasteiger partial charge in [-0.25, -0.2) is 0 Å². The van der Waals surface area contributed by atoms with E-state index in [1.54, 1.807) is 30.3 Å². The summed E-state index contributed by atoms with van der Waals surface area (Å²) in [6.45, 7) is 3.96. The highest BCUT2D eigenvalue weighted by Gasteiger charge is 2.18. The number of thiophene rings is 1. The molecular formula is C11H17BrN2OS. The highest BCUT2D eigenvalue weighted by atomic mass is 79.9. The van der Waals surface area contributed by atoms with Gasteiger partial charge in [0.15, 0.2) is 0 Å². The average Bonchev–Trinajstić information content (AvgIpc) is 2.63. The third kappa shape index (κ3) is 3.57. The quantitative estimate of drug-likeness (QED) is 0.927. The van der Waals surface area contributed by atoms with E-state index < -0.39 is 0 Å². The van der Waals surface area contributed by atoms with Crippen LogP contribution in [0.2, 0.25) is 0 Å². The summed E-state index contributed by atoms with van der Waals surface area (Å²) in [6, 6.07) is 4.12. The lowest BCUT2D eigenvalue weighted by Gasteiger charge is -2.21. The van der Waals surface area contributed by atoms with Crippen molar-refractivity contribution in [1.82, 2.24) is 10.2 Å². The maximum absolute atomic E-state index is 11.7. The van der Waals surface area contributed by atoms with Crippen LogP contribution in [0.1, 0.15) is 24.8 Å². The summed E-state index contributed by atoms with van der Waals surface area (Å²) in [7, 11) is 3.54. The van der Waals surface area contributed by atoms with Crippen molar-refractivity contribution >= 4 is 33.2 Å². The molecule has 0 saturated heterocycles. The molecule has 0 saturated carbocycles. The van der Waals surface area contributed by atoms with Crippen molar-refractivity contribution in [3.05, 3.63) is 20.8 Å². The molecule has 1 rings (SSSR count). The third-order valence-corrected chi connectivity index (χ3v) is 4.14. The summed E-state index contributed by atoms with van der Waals surface area (Å²) in [5.41, 5.74) is 0. The van der Waals surface area contributed by atoms with E-state index in [0.717, 1.165) is 3.79 Å². The van der Waals surface area contributed by atoms with Gasteiger partial charge in [0.25, 0.3) is 0 Å². The highest BCUT2D eigenvalue weighted by molar-refractivity contribution is 9.11. The molecular weight excluding hydrogens is 288 g/mol. The monoisotopic (exact) mass is 304 g/mol. The third-order valence-electron chi connectivity index (χ3n) is 2.33. The summed E-state index contributed by atoms with van der Waals surface area (Å²) < 4.78 is 1.11. The second kappa shape index (κ2) is 5.80. The Bertz CT molecular complexity index is 365. The Hall–Kier alpha value is -0.390. The lowest BCUT2D eigenvalue weighted by molar-refractivity contribution is -0.130. The van der Waals surface area contributed by atoms with E-state index >= 15 is 0 Å². The van der Waals surface area contributed by atoms with E-state index in [1.807, 2.05) is 13.0 Å². The number of likely N-dealkylation sites (N-methyl/N-ethyl adjacent to an activating group) is 1. The van der Waals surface area contributed by atoms with E-state index in [1.165, 1.54) is 4.88 Å². The zero-order valence-corrected chi connectivity index (χ0v) is 12.4. The number of halogens is 1. The first kappa shape index (κ1) is 13.7. The van der Waals surface area contributed by atoms with E-state index in [-0.39, 0.29) is 18.0 Å². The van der Waals surface area contributed by atoms with Crippen LogP contribution in [0, 0.1) is 0 Å². The molecule has 1 unspecified atom stereocenters. The van der Waals surface area contributed by atoms with Crippen LogP contribution >= 0.6 is 27.3 Å². The first-order valence-corrected chi connectivity index (χ1v) is 6.75. The predicted octanol–water partition coefficient (Wildman–Crippen LogP) is 2.64. The number of nitrogens with zero attached hydrogens (tertiary/aromatic N) is 1. The summed E-state index contributed by atoms with van der Waals surface area (Å²) >= 11 is 5.12. The van der Waals surface area contributed by atoms with Crippen molar-refractivity contribution in [3.8, 4) is 0 Å². The van der Waals surface area contributed by atoms with Crippen LogP contribution in [0.4, 0.5) is 0 Å². The van der Waals surface area contributed by atoms with Crippen molar-refractivity contribution in [1.29, 1.82) is 0 Å². The number of amides is 1. The Morgan fingerprint density at radius 1 is 1.44 bits per heavy atom. The van der Waals surface area contributed by atoms with E-state index in [0.29, 0.717) is 0 Å². The van der Waals surface area contributed by atoms with Crippen molar-refractivity contribution in [2.75, 3.05) is 14.1 Å². The number of nitrogens with one attached hydrogen (secondary N) is 1. The van der Waals surface area contributed by atoms with Gasteiger partial charge in [0.1, 0.15) is 0 Å². The molecule has 2 atom stereocenters. The van der Waals surface area contributed by atoms with Crippen LogP contribution < -0.4 is 5.32 Å². The first-order chi connectivity index (χ1) is 7.41. The van der Waals surface area contributed by atoms with Crippen LogP contribution in [-0.4, -0.2) is 30.9 Å². The Morgan fingerprint density at radius 3 is 2.50 bits per heavy atom. The fourth-order valence-electron chi connectivity index (χ4n) is 1.48. The van der Waals surface area contributed by atoms with E-state index in [9.17, 15) is 4.79 Å². The van der Waals surface area contributed by atoms with Crippen molar-refractivity contribution < 1.29 is 4.79 Å². The van der Waals surface area contributed by atoms with Gasteiger partial charge in [-0.1, -0.05) is 0 Å². The Kier molecular flexibility index (Phi) is 4.95. The topological polar surface area (TPSA) is 32.3 Å². The zero-order chi connectivity index (χ0) is 12.3. The first-order valence-electron chi connectivity index (χ1n) is 5.14. The molecule has 0 aliphatic heterocycles. The summed E-state index contributed by atoms with van der Waals surface area (Å²) in [4.78, 5) is 14.5. The molecule has 3 nitrogen and oxygen atoms in total. The van der Waals surface area contributed by atoms with Gasteiger partial charge in [0.2, 0.25) is 5.91 Å². The van der Waals surface area contributed by atoms with Crippen molar-refractivity contribution in [2.45, 2.75) is 25.9 Å². The van der Waals surface area contributed by atoms with E-state index in [4.69, 9.17) is 0 Å². The van der Waals surface area contributed by atoms with Gasteiger partial charge in [0, 0.05) is 25.0 Å². The van der Waals surface area contributed by atoms with E-state index in [2.05, 4.69) is 34.2 Å². The summed E-state index contributed by atoms with van der Waals surface area (Å²) in [5.74, 6) is 0.0995. The summed E-state index contributed by atoms with van der Waals surface area (Å²) in [5, 5.41) is 3.29. The molecule has 5 heteroatoms. The lowest BCUT2D eigenvalue weighted by atomic mass is 10.2. The van der Waals surface area contributed by atoms with Crippen LogP contribution in [0.15, 0.2) is 15.9 Å². The van der Waals surface area contributed by atoms with Gasteiger partial charge in [-0.15, -0.1) is 11.3 Å². The number of carbonyl (C=O) groups is 1. The SMILES string of the molecule is CC(N[C@H](C)C(=O)N(C)C)c1ccc(Br)s1. The second-order valence-electron chi connectivity index (χ2n) is 3.98. The maximum Gasteiger partial charge on any atom is 0.238 e. The van der Waals surface area contributed by atoms with Gasteiger partial charge in [-0.05, 0) is 41.9 Å². The van der Waals surface area contributed by atoms with Gasteiger partial charge < -0.3 is 4.90 Å². The molecule has 16 heavy (non-hydrogen) atoms. The van der Waals surface area contributed by atoms with Gasteiger partial charge in [-0.2, -0.15) is 0 Å². The van der Waals surface area contributed by atoms with Gasteiger partial charge >= 0.3 is 0 Å². The maximum atomic E-state index is 11.7. The largest absolute Gasteiger partial charge is 0.347 e. The van der Waals surface area contributed by atoms with Gasteiger partial charge in [-0.3, -0.25) is 10.1 Å². The lowest BCUT2D eigenvalue weighted by Crippen LogP contribution is -2.42. The van der Waals surface area contributed by atoms with Crippen molar-refractivity contribution in [2.24, 2.45) is 0 Å². The minimum Gasteiger partial charge on any atom is -0.347 e. The number of hydrogen-bond donors (Lipinski definition) is 1. The molecule has 1 aromatic heterocycles. The number of hydrogen-bond acceptors (Lipinski definition) is 3. The minimum absolute atomic E-state index is 0.0995. The summed E-state index contributed by atoms with van der Waals surface area (Å²) in [6.07, 6.45) is 0. The molecule has 0 spiro atoms. The molecule has 1 N–H and O–H groups in total. The molecule has 0 aromatic carbocycles. The average molecular weight is 305 g/mol. The molecule has 90 valence electrons. The standard InChI is InChI=1S/C11H17BrN2OS/c1-7(9-5-6-10(12)16-9)13-8(2)11(15)14(3)4/h5-8,13H,1-4H3/t7?,8-/m1/s1.